The molecule has 0 heterocycles. The van der Waals surface area contributed by atoms with Crippen molar-refractivity contribution in [2.45, 2.75) is 18.9 Å². The van der Waals surface area contributed by atoms with Crippen molar-refractivity contribution in [1.82, 2.24) is 5.32 Å². The van der Waals surface area contributed by atoms with Gasteiger partial charge in [-0.15, -0.1) is 0 Å². The molecule has 0 saturated carbocycles. The number of nitrogens with one attached hydrogen (secondary N) is 2. The predicted molar refractivity (Wildman–Crippen MR) is 97.8 cm³/mol. The molecule has 136 valence electrons. The quantitative estimate of drug-likeness (QED) is 0.545. The van der Waals surface area contributed by atoms with Crippen LogP contribution >= 0.6 is 0 Å². The van der Waals surface area contributed by atoms with Gasteiger partial charge in [-0.1, -0.05) is 36.4 Å². The summed E-state index contributed by atoms with van der Waals surface area (Å²) in [4.78, 5) is 23.0. The van der Waals surface area contributed by atoms with E-state index >= 15 is 0 Å². The van der Waals surface area contributed by atoms with E-state index in [2.05, 4.69) is 10.6 Å². The minimum Gasteiger partial charge on any atom is -0.396 e. The minimum absolute atomic E-state index is 0.00311. The molecule has 0 saturated heterocycles. The van der Waals surface area contributed by atoms with Crippen LogP contribution in [-0.4, -0.2) is 29.1 Å². The first-order valence-electron chi connectivity index (χ1n) is 8.55. The Hall–Kier alpha value is -2.93. The standard InChI is InChI=1S/C19H21N3O4/c23-12-14-10-9-13-5-1-2-6-15(13)19(14)21-18(24)11-20-16-7-3-4-8-17(16)22(25)26/h1-8,14,19-20,23H,9-12H2,(H,21,24)/t14-,19+/m0/s1. The molecule has 0 spiro atoms. The fraction of sp³-hybridized carbons (Fsp3) is 0.316. The number of nitrogens with zero attached hydrogens (tertiary/aromatic N) is 1. The van der Waals surface area contributed by atoms with E-state index in [0.29, 0.717) is 5.69 Å². The van der Waals surface area contributed by atoms with Gasteiger partial charge in [-0.3, -0.25) is 14.9 Å². The molecule has 7 heteroatoms. The number of hydrogen-bond acceptors (Lipinski definition) is 5. The molecular formula is C19H21N3O4. The predicted octanol–water partition coefficient (Wildman–Crippen LogP) is 2.42. The van der Waals surface area contributed by atoms with Crippen molar-refractivity contribution in [3.05, 3.63) is 69.8 Å². The molecule has 2 atom stereocenters. The lowest BCUT2D eigenvalue weighted by Crippen LogP contribution is -2.40. The Morgan fingerprint density at radius 2 is 1.92 bits per heavy atom. The number of carbonyl (C=O) groups is 1. The highest BCUT2D eigenvalue weighted by Gasteiger charge is 2.30. The first-order chi connectivity index (χ1) is 12.6. The van der Waals surface area contributed by atoms with E-state index in [9.17, 15) is 20.0 Å². The molecule has 1 amide bonds. The molecule has 7 nitrogen and oxygen atoms in total. The summed E-state index contributed by atoms with van der Waals surface area (Å²) in [5.41, 5.74) is 2.43. The molecule has 2 aromatic rings. The number of nitro benzene ring substituents is 1. The fourth-order valence-electron chi connectivity index (χ4n) is 3.40. The van der Waals surface area contributed by atoms with Crippen LogP contribution in [0.5, 0.6) is 0 Å². The monoisotopic (exact) mass is 355 g/mol. The van der Waals surface area contributed by atoms with E-state index < -0.39 is 4.92 Å². The average Bonchev–Trinajstić information content (AvgIpc) is 2.66. The smallest absolute Gasteiger partial charge is 0.292 e. The van der Waals surface area contributed by atoms with E-state index in [1.807, 2.05) is 24.3 Å². The van der Waals surface area contributed by atoms with Crippen LogP contribution in [0.1, 0.15) is 23.6 Å². The Labute approximate surface area is 151 Å². The van der Waals surface area contributed by atoms with Crippen LogP contribution in [0.25, 0.3) is 0 Å². The van der Waals surface area contributed by atoms with Gasteiger partial charge in [-0.05, 0) is 30.0 Å². The van der Waals surface area contributed by atoms with Gasteiger partial charge in [-0.2, -0.15) is 0 Å². The SMILES string of the molecule is O=C(CNc1ccccc1[N+](=O)[O-])N[C@H]1c2ccccc2CC[C@H]1CO. The topological polar surface area (TPSA) is 104 Å². The number of nitro groups is 1. The number of carbonyl (C=O) groups excluding carboxylic acids is 1. The molecule has 1 aliphatic carbocycles. The lowest BCUT2D eigenvalue weighted by Gasteiger charge is -2.33. The first-order valence-corrected chi connectivity index (χ1v) is 8.55. The van der Waals surface area contributed by atoms with Gasteiger partial charge >= 0.3 is 0 Å². The fourth-order valence-corrected chi connectivity index (χ4v) is 3.40. The number of aryl methyl sites for hydroxylation is 1. The Morgan fingerprint density at radius 3 is 2.69 bits per heavy atom. The second-order valence-corrected chi connectivity index (χ2v) is 6.35. The van der Waals surface area contributed by atoms with E-state index in [-0.39, 0.29) is 36.7 Å². The highest BCUT2D eigenvalue weighted by molar-refractivity contribution is 5.82. The van der Waals surface area contributed by atoms with Crippen LogP contribution in [0, 0.1) is 16.0 Å². The Balaban J connectivity index is 1.69. The first kappa shape index (κ1) is 17.9. The van der Waals surface area contributed by atoms with E-state index in [1.54, 1.807) is 18.2 Å². The molecule has 1 aliphatic rings. The van der Waals surface area contributed by atoms with Crippen molar-refractivity contribution >= 4 is 17.3 Å². The van der Waals surface area contributed by atoms with Gasteiger partial charge in [-0.25, -0.2) is 0 Å². The summed E-state index contributed by atoms with van der Waals surface area (Å²) >= 11 is 0. The Morgan fingerprint density at radius 1 is 1.19 bits per heavy atom. The number of amides is 1. The molecular weight excluding hydrogens is 334 g/mol. The van der Waals surface area contributed by atoms with Crippen molar-refractivity contribution < 1.29 is 14.8 Å². The van der Waals surface area contributed by atoms with Crippen molar-refractivity contribution in [3.63, 3.8) is 0 Å². The van der Waals surface area contributed by atoms with Crippen LogP contribution in [0.3, 0.4) is 0 Å². The summed E-state index contributed by atoms with van der Waals surface area (Å²) in [6, 6.07) is 13.8. The molecule has 0 radical (unpaired) electrons. The van der Waals surface area contributed by atoms with E-state index in [0.717, 1.165) is 18.4 Å². The summed E-state index contributed by atoms with van der Waals surface area (Å²) in [5.74, 6) is -0.316. The minimum atomic E-state index is -0.487. The van der Waals surface area contributed by atoms with Crippen molar-refractivity contribution in [1.29, 1.82) is 0 Å². The lowest BCUT2D eigenvalue weighted by atomic mass is 9.80. The van der Waals surface area contributed by atoms with E-state index in [1.165, 1.54) is 11.6 Å². The number of fused-ring (bicyclic) bond motifs is 1. The number of aliphatic hydroxyl groups excluding tert-OH is 1. The average molecular weight is 355 g/mol. The van der Waals surface area contributed by atoms with E-state index in [4.69, 9.17) is 0 Å². The van der Waals surface area contributed by atoms with Crippen molar-refractivity contribution in [2.75, 3.05) is 18.5 Å². The normalized spacial score (nSPS) is 18.7. The van der Waals surface area contributed by atoms with Crippen LogP contribution in [0.15, 0.2) is 48.5 Å². The molecule has 3 rings (SSSR count). The zero-order valence-corrected chi connectivity index (χ0v) is 14.2. The van der Waals surface area contributed by atoms with Gasteiger partial charge in [0, 0.05) is 18.6 Å². The molecule has 0 fully saturated rings. The molecule has 3 N–H and O–H groups in total. The summed E-state index contributed by atoms with van der Waals surface area (Å²) in [6.45, 7) is -0.0848. The third kappa shape index (κ3) is 3.83. The maximum atomic E-state index is 12.4. The number of aliphatic hydroxyl groups is 1. The number of benzene rings is 2. The highest BCUT2D eigenvalue weighted by Crippen LogP contribution is 2.34. The summed E-state index contributed by atoms with van der Waals surface area (Å²) in [7, 11) is 0. The maximum absolute atomic E-state index is 12.4. The van der Waals surface area contributed by atoms with Crippen molar-refractivity contribution in [2.24, 2.45) is 5.92 Å². The second-order valence-electron chi connectivity index (χ2n) is 6.35. The molecule has 0 aromatic heterocycles. The molecule has 0 unspecified atom stereocenters. The lowest BCUT2D eigenvalue weighted by molar-refractivity contribution is -0.383. The van der Waals surface area contributed by atoms with Gasteiger partial charge in [0.15, 0.2) is 0 Å². The summed E-state index contributed by atoms with van der Waals surface area (Å²) in [5, 5.41) is 26.5. The number of hydrogen-bond donors (Lipinski definition) is 3. The third-order valence-corrected chi connectivity index (χ3v) is 4.74. The molecule has 26 heavy (non-hydrogen) atoms. The third-order valence-electron chi connectivity index (χ3n) is 4.74. The summed E-state index contributed by atoms with van der Waals surface area (Å²) in [6.07, 6.45) is 1.68. The number of rotatable bonds is 6. The van der Waals surface area contributed by atoms with Crippen LogP contribution < -0.4 is 10.6 Å². The number of anilines is 1. The van der Waals surface area contributed by atoms with Gasteiger partial charge in [0.1, 0.15) is 5.69 Å². The Bertz CT molecular complexity index is 809. The molecule has 0 bridgehead atoms. The van der Waals surface area contributed by atoms with Crippen LogP contribution in [0.2, 0.25) is 0 Å². The van der Waals surface area contributed by atoms with Crippen LogP contribution in [-0.2, 0) is 11.2 Å². The summed E-state index contributed by atoms with van der Waals surface area (Å²) < 4.78 is 0. The largest absolute Gasteiger partial charge is 0.396 e. The second kappa shape index (κ2) is 7.97. The maximum Gasteiger partial charge on any atom is 0.292 e. The van der Waals surface area contributed by atoms with Gasteiger partial charge in [0.25, 0.3) is 5.69 Å². The zero-order valence-electron chi connectivity index (χ0n) is 14.2. The number of para-hydroxylation sites is 2. The van der Waals surface area contributed by atoms with Crippen LogP contribution in [0.4, 0.5) is 11.4 Å². The van der Waals surface area contributed by atoms with Gasteiger partial charge in [0.05, 0.1) is 17.5 Å². The Kier molecular flexibility index (Phi) is 5.48. The highest BCUT2D eigenvalue weighted by atomic mass is 16.6. The molecule has 2 aromatic carbocycles. The van der Waals surface area contributed by atoms with Gasteiger partial charge < -0.3 is 15.7 Å². The molecule has 0 aliphatic heterocycles. The van der Waals surface area contributed by atoms with Crippen molar-refractivity contribution in [3.8, 4) is 0 Å². The van der Waals surface area contributed by atoms with Gasteiger partial charge in [0.2, 0.25) is 5.91 Å². The zero-order chi connectivity index (χ0) is 18.5.